The van der Waals surface area contributed by atoms with Gasteiger partial charge in [0, 0.05) is 25.9 Å². The van der Waals surface area contributed by atoms with Crippen LogP contribution in [0.4, 0.5) is 0 Å². The summed E-state index contributed by atoms with van der Waals surface area (Å²) in [6, 6.07) is 0. The summed E-state index contributed by atoms with van der Waals surface area (Å²) < 4.78 is 0.246. The first-order chi connectivity index (χ1) is 5.09. The average molecular weight is 171 g/mol. The fourth-order valence-electron chi connectivity index (χ4n) is 1.59. The van der Waals surface area contributed by atoms with Crippen LogP contribution in [-0.4, -0.2) is 41.3 Å². The van der Waals surface area contributed by atoms with Gasteiger partial charge in [-0.05, 0) is 13.8 Å². The highest BCUT2D eigenvalue weighted by molar-refractivity contribution is 5.04. The molecule has 1 N–H and O–H groups in total. The standard InChI is InChI=1S/C9H21N3/c1-8(2)7-11(8)9(3,4)12(5,6)10/h10H,7H2,1-6H3. The fraction of sp³-hybridized carbons (Fsp3) is 1.00. The van der Waals surface area contributed by atoms with E-state index in [4.69, 9.17) is 5.84 Å². The molecule has 1 saturated heterocycles. The first kappa shape index (κ1) is 9.96. The maximum absolute atomic E-state index is 7.98. The van der Waals surface area contributed by atoms with Crippen molar-refractivity contribution in [1.82, 2.24) is 4.90 Å². The molecule has 1 aliphatic heterocycles. The lowest BCUT2D eigenvalue weighted by atomic mass is 10.1. The first-order valence-corrected chi connectivity index (χ1v) is 4.46. The summed E-state index contributed by atoms with van der Waals surface area (Å²) in [7, 11) is 3.85. The van der Waals surface area contributed by atoms with Crippen molar-refractivity contribution >= 4 is 0 Å². The molecule has 1 atom stereocenters. The molecule has 0 amide bonds. The lowest BCUT2D eigenvalue weighted by molar-refractivity contribution is -0.903. The van der Waals surface area contributed by atoms with Gasteiger partial charge >= 0.3 is 0 Å². The van der Waals surface area contributed by atoms with Crippen LogP contribution in [0, 0.1) is 0 Å². The molecule has 0 aromatic heterocycles. The predicted octanol–water partition coefficient (Wildman–Crippen LogP) is 1.86. The van der Waals surface area contributed by atoms with Crippen molar-refractivity contribution in [2.45, 2.75) is 38.9 Å². The molecule has 1 rings (SSSR count). The van der Waals surface area contributed by atoms with Gasteiger partial charge in [0.2, 0.25) is 0 Å². The Balaban J connectivity index is 2.76. The zero-order valence-corrected chi connectivity index (χ0v) is 9.10. The molecule has 0 spiro atoms. The molecule has 0 aromatic carbocycles. The molecule has 0 aliphatic carbocycles. The first-order valence-electron chi connectivity index (χ1n) is 4.46. The molecule has 3 heteroatoms. The van der Waals surface area contributed by atoms with Crippen molar-refractivity contribution < 1.29 is 4.59 Å². The summed E-state index contributed by atoms with van der Waals surface area (Å²) in [6.45, 7) is 9.83. The summed E-state index contributed by atoms with van der Waals surface area (Å²) in [6.07, 6.45) is 0. The van der Waals surface area contributed by atoms with Crippen molar-refractivity contribution in [3.05, 3.63) is 5.84 Å². The van der Waals surface area contributed by atoms with E-state index in [0.717, 1.165) is 6.54 Å². The second-order valence-corrected chi connectivity index (χ2v) is 5.35. The van der Waals surface area contributed by atoms with E-state index in [1.807, 2.05) is 14.1 Å². The highest BCUT2D eigenvalue weighted by Gasteiger charge is 2.55. The Labute approximate surface area is 75.7 Å². The number of quaternary nitrogens is 1. The third kappa shape index (κ3) is 1.37. The third-order valence-electron chi connectivity index (χ3n) is 3.20. The smallest absolute Gasteiger partial charge is 0.140 e. The topological polar surface area (TPSA) is 26.8 Å². The van der Waals surface area contributed by atoms with Gasteiger partial charge in [-0.3, -0.25) is 0 Å². The minimum absolute atomic E-state index is 0.0799. The van der Waals surface area contributed by atoms with Crippen molar-refractivity contribution in [3.63, 3.8) is 0 Å². The monoisotopic (exact) mass is 171 g/mol. The van der Waals surface area contributed by atoms with Crippen LogP contribution in [0.15, 0.2) is 0 Å². The van der Waals surface area contributed by atoms with Crippen LogP contribution in [0.1, 0.15) is 27.7 Å². The van der Waals surface area contributed by atoms with Gasteiger partial charge < -0.3 is 10.4 Å². The maximum atomic E-state index is 7.98. The minimum Gasteiger partial charge on any atom is -0.467 e. The summed E-state index contributed by atoms with van der Waals surface area (Å²) in [4.78, 5) is 2.37. The molecule has 1 fully saturated rings. The number of hydrogen-bond donors (Lipinski definition) is 0. The molecule has 3 nitrogen and oxygen atoms in total. The Kier molecular flexibility index (Phi) is 1.84. The van der Waals surface area contributed by atoms with E-state index in [1.165, 1.54) is 0 Å². The van der Waals surface area contributed by atoms with E-state index in [2.05, 4.69) is 32.6 Å². The summed E-state index contributed by atoms with van der Waals surface area (Å²) in [5, 5.41) is 0. The molecule has 1 unspecified atom stereocenters. The number of rotatable bonds is 2. The molecule has 0 bridgehead atoms. The predicted molar refractivity (Wildman–Crippen MR) is 51.3 cm³/mol. The molecular formula is C9H21N3. The van der Waals surface area contributed by atoms with Crippen LogP contribution < -0.4 is 0 Å². The highest BCUT2D eigenvalue weighted by Crippen LogP contribution is 2.42. The van der Waals surface area contributed by atoms with Gasteiger partial charge in [-0.2, -0.15) is 0 Å². The largest absolute Gasteiger partial charge is 0.467 e. The number of nitrogens with zero attached hydrogens (tertiary/aromatic N) is 2. The normalized spacial score (nSPS) is 28.8. The lowest BCUT2D eigenvalue weighted by Gasteiger charge is -2.49. The minimum atomic E-state index is -0.0799. The van der Waals surface area contributed by atoms with Gasteiger partial charge in [0.15, 0.2) is 0 Å². The summed E-state index contributed by atoms with van der Waals surface area (Å²) in [5.41, 5.74) is 0.226. The van der Waals surface area contributed by atoms with Crippen molar-refractivity contribution in [1.29, 1.82) is 0 Å². The van der Waals surface area contributed by atoms with E-state index < -0.39 is 0 Å². The van der Waals surface area contributed by atoms with Crippen LogP contribution in [0.5, 0.6) is 0 Å². The van der Waals surface area contributed by atoms with E-state index in [0.29, 0.717) is 5.54 Å². The van der Waals surface area contributed by atoms with Crippen molar-refractivity contribution in [2.24, 2.45) is 0 Å². The van der Waals surface area contributed by atoms with E-state index in [9.17, 15) is 0 Å². The van der Waals surface area contributed by atoms with E-state index >= 15 is 0 Å². The van der Waals surface area contributed by atoms with Gasteiger partial charge in [-0.1, -0.05) is 0 Å². The fourth-order valence-corrected chi connectivity index (χ4v) is 1.59. The summed E-state index contributed by atoms with van der Waals surface area (Å²) >= 11 is 0. The van der Waals surface area contributed by atoms with Gasteiger partial charge in [0.1, 0.15) is 5.66 Å². The number of hydrogen-bond acceptors (Lipinski definition) is 1. The Bertz CT molecular complexity index is 188. The quantitative estimate of drug-likeness (QED) is 0.354. The molecule has 12 heavy (non-hydrogen) atoms. The molecule has 0 saturated carbocycles. The van der Waals surface area contributed by atoms with Gasteiger partial charge in [-0.25, -0.2) is 4.90 Å². The van der Waals surface area contributed by atoms with Crippen LogP contribution >= 0.6 is 0 Å². The SMILES string of the molecule is CC1(C)CN1C(C)(C)[N+](C)(C)[NH-]. The molecule has 1 aliphatic rings. The van der Waals surface area contributed by atoms with Crippen LogP contribution in [0.25, 0.3) is 5.84 Å². The van der Waals surface area contributed by atoms with Crippen LogP contribution in [-0.2, 0) is 0 Å². The van der Waals surface area contributed by atoms with Crippen molar-refractivity contribution in [2.75, 3.05) is 20.6 Å². The molecule has 0 radical (unpaired) electrons. The van der Waals surface area contributed by atoms with Gasteiger partial charge in [0.05, 0.1) is 14.1 Å². The van der Waals surface area contributed by atoms with E-state index in [-0.39, 0.29) is 10.3 Å². The highest BCUT2D eigenvalue weighted by atomic mass is 15.7. The Morgan fingerprint density at radius 2 is 1.67 bits per heavy atom. The Morgan fingerprint density at radius 1 is 1.33 bits per heavy atom. The van der Waals surface area contributed by atoms with Crippen molar-refractivity contribution in [3.8, 4) is 0 Å². The molecule has 1 heterocycles. The second-order valence-electron chi connectivity index (χ2n) is 5.35. The Hall–Kier alpha value is -0.120. The number of nitrogens with one attached hydrogen (secondary N) is 1. The Morgan fingerprint density at radius 3 is 1.75 bits per heavy atom. The molecule has 0 aromatic rings. The maximum Gasteiger partial charge on any atom is 0.140 e. The van der Waals surface area contributed by atoms with Gasteiger partial charge in [0.25, 0.3) is 0 Å². The zero-order valence-electron chi connectivity index (χ0n) is 9.10. The second kappa shape index (κ2) is 2.22. The molecular weight excluding hydrogens is 150 g/mol. The third-order valence-corrected chi connectivity index (χ3v) is 3.20. The van der Waals surface area contributed by atoms with Crippen LogP contribution in [0.3, 0.4) is 0 Å². The lowest BCUT2D eigenvalue weighted by Crippen LogP contribution is -2.56. The zero-order chi connectivity index (χ0) is 9.78. The van der Waals surface area contributed by atoms with Gasteiger partial charge in [-0.15, -0.1) is 0 Å². The summed E-state index contributed by atoms with van der Waals surface area (Å²) in [5.74, 6) is 7.98. The molecule has 72 valence electrons. The van der Waals surface area contributed by atoms with Crippen LogP contribution in [0.2, 0.25) is 0 Å². The average Bonchev–Trinajstić information content (AvgIpc) is 2.37. The van der Waals surface area contributed by atoms with E-state index in [1.54, 1.807) is 0 Å².